The fourth-order valence-corrected chi connectivity index (χ4v) is 3.84. The Bertz CT molecular complexity index is 245. The van der Waals surface area contributed by atoms with Crippen molar-refractivity contribution in [2.75, 3.05) is 32.8 Å². The first-order chi connectivity index (χ1) is 8.33. The van der Waals surface area contributed by atoms with Gasteiger partial charge in [0.05, 0.1) is 0 Å². The third-order valence-electron chi connectivity index (χ3n) is 5.11. The van der Waals surface area contributed by atoms with Gasteiger partial charge >= 0.3 is 0 Å². The number of hydrogen-bond donors (Lipinski definition) is 1. The highest BCUT2D eigenvalue weighted by molar-refractivity contribution is 4.92. The second-order valence-corrected chi connectivity index (χ2v) is 6.15. The molecule has 0 spiro atoms. The number of nitrogens with one attached hydrogen (secondary N) is 1. The number of nitrogens with zero attached hydrogens (tertiary/aromatic N) is 1. The minimum Gasteiger partial charge on any atom is -0.381 e. The first-order valence-electron chi connectivity index (χ1n) is 7.39. The van der Waals surface area contributed by atoms with Crippen LogP contribution in [0.1, 0.15) is 32.6 Å². The van der Waals surface area contributed by atoms with Crippen molar-refractivity contribution in [2.24, 2.45) is 11.8 Å². The van der Waals surface area contributed by atoms with Crippen LogP contribution in [0.3, 0.4) is 0 Å². The molecular formula is C14H26N2O. The maximum atomic E-state index is 5.45. The van der Waals surface area contributed by atoms with Crippen molar-refractivity contribution in [2.45, 2.75) is 44.7 Å². The van der Waals surface area contributed by atoms with Crippen LogP contribution < -0.4 is 5.32 Å². The Morgan fingerprint density at radius 1 is 1.12 bits per heavy atom. The van der Waals surface area contributed by atoms with E-state index in [-0.39, 0.29) is 0 Å². The quantitative estimate of drug-likeness (QED) is 0.806. The van der Waals surface area contributed by atoms with Gasteiger partial charge in [-0.25, -0.2) is 0 Å². The minimum atomic E-state index is 0.671. The van der Waals surface area contributed by atoms with E-state index < -0.39 is 0 Å². The minimum absolute atomic E-state index is 0.671. The smallest absolute Gasteiger partial charge is 0.0469 e. The van der Waals surface area contributed by atoms with Gasteiger partial charge in [0.25, 0.3) is 0 Å². The SMILES string of the molecule is CC(NC1CN2CCC1CC2)C1CCOCC1. The van der Waals surface area contributed by atoms with Gasteiger partial charge in [-0.05, 0) is 57.5 Å². The summed E-state index contributed by atoms with van der Waals surface area (Å²) in [6.07, 6.45) is 5.32. The average molecular weight is 238 g/mol. The summed E-state index contributed by atoms with van der Waals surface area (Å²) < 4.78 is 5.45. The summed E-state index contributed by atoms with van der Waals surface area (Å²) >= 11 is 0. The lowest BCUT2D eigenvalue weighted by atomic mass is 9.82. The van der Waals surface area contributed by atoms with Gasteiger partial charge in [-0.2, -0.15) is 0 Å². The molecule has 0 aromatic carbocycles. The summed E-state index contributed by atoms with van der Waals surface area (Å²) in [6.45, 7) is 8.29. The third-order valence-corrected chi connectivity index (χ3v) is 5.11. The predicted molar refractivity (Wildman–Crippen MR) is 69.1 cm³/mol. The Balaban J connectivity index is 1.52. The topological polar surface area (TPSA) is 24.5 Å². The van der Waals surface area contributed by atoms with Crippen LogP contribution in [0, 0.1) is 11.8 Å². The fourth-order valence-electron chi connectivity index (χ4n) is 3.84. The molecule has 4 aliphatic rings. The predicted octanol–water partition coefficient (Wildman–Crippen LogP) is 1.49. The molecule has 0 amide bonds. The summed E-state index contributed by atoms with van der Waals surface area (Å²) in [4.78, 5) is 2.63. The van der Waals surface area contributed by atoms with E-state index in [0.29, 0.717) is 6.04 Å². The lowest BCUT2D eigenvalue weighted by Crippen LogP contribution is -2.58. The standard InChI is InChI=1S/C14H26N2O/c1-11(12-4-8-17-9-5-12)15-14-10-16-6-2-13(14)3-7-16/h11-15H,2-10H2,1H3. The fraction of sp³-hybridized carbons (Fsp3) is 1.00. The van der Waals surface area contributed by atoms with Gasteiger partial charge in [-0.1, -0.05) is 0 Å². The van der Waals surface area contributed by atoms with Crippen molar-refractivity contribution < 1.29 is 4.74 Å². The van der Waals surface area contributed by atoms with Crippen LogP contribution in [0.5, 0.6) is 0 Å². The summed E-state index contributed by atoms with van der Waals surface area (Å²) in [5.74, 6) is 1.78. The van der Waals surface area contributed by atoms with E-state index in [9.17, 15) is 0 Å². The van der Waals surface area contributed by atoms with E-state index in [1.165, 1.54) is 45.3 Å². The highest BCUT2D eigenvalue weighted by Gasteiger charge is 2.35. The highest BCUT2D eigenvalue weighted by Crippen LogP contribution is 2.29. The van der Waals surface area contributed by atoms with E-state index in [2.05, 4.69) is 17.1 Å². The highest BCUT2D eigenvalue weighted by atomic mass is 16.5. The van der Waals surface area contributed by atoms with Gasteiger partial charge in [0.1, 0.15) is 0 Å². The van der Waals surface area contributed by atoms with Gasteiger partial charge < -0.3 is 15.0 Å². The number of fused-ring (bicyclic) bond motifs is 3. The molecule has 4 rings (SSSR count). The maximum absolute atomic E-state index is 5.45. The van der Waals surface area contributed by atoms with Crippen molar-refractivity contribution in [1.29, 1.82) is 0 Å². The molecule has 0 aromatic heterocycles. The summed E-state index contributed by atoms with van der Waals surface area (Å²) in [7, 11) is 0. The zero-order valence-electron chi connectivity index (χ0n) is 11.0. The Labute approximate surface area is 105 Å². The molecule has 0 aliphatic carbocycles. The lowest BCUT2D eigenvalue weighted by molar-refractivity contribution is 0.0363. The van der Waals surface area contributed by atoms with Crippen LogP contribution in [0.4, 0.5) is 0 Å². The zero-order chi connectivity index (χ0) is 11.7. The van der Waals surface area contributed by atoms with Gasteiger partial charge in [0.2, 0.25) is 0 Å². The van der Waals surface area contributed by atoms with Gasteiger partial charge in [-0.3, -0.25) is 0 Å². The number of piperidine rings is 3. The summed E-state index contributed by atoms with van der Waals surface area (Å²) in [5.41, 5.74) is 0. The molecule has 2 unspecified atom stereocenters. The van der Waals surface area contributed by atoms with Crippen LogP contribution in [0.2, 0.25) is 0 Å². The molecule has 4 fully saturated rings. The third kappa shape index (κ3) is 2.67. The normalized spacial score (nSPS) is 40.4. The van der Waals surface area contributed by atoms with E-state index >= 15 is 0 Å². The van der Waals surface area contributed by atoms with Gasteiger partial charge in [0, 0.05) is 31.8 Å². The summed E-state index contributed by atoms with van der Waals surface area (Å²) in [5, 5.41) is 3.92. The molecule has 2 bridgehead atoms. The first-order valence-corrected chi connectivity index (χ1v) is 7.39. The van der Waals surface area contributed by atoms with Crippen LogP contribution in [0.15, 0.2) is 0 Å². The molecule has 1 N–H and O–H groups in total. The van der Waals surface area contributed by atoms with E-state index in [1.54, 1.807) is 0 Å². The number of ether oxygens (including phenoxy) is 1. The molecule has 0 aromatic rings. The number of rotatable bonds is 3. The van der Waals surface area contributed by atoms with E-state index in [1.807, 2.05) is 0 Å². The Kier molecular flexibility index (Phi) is 3.69. The van der Waals surface area contributed by atoms with Gasteiger partial charge in [-0.15, -0.1) is 0 Å². The van der Waals surface area contributed by atoms with Gasteiger partial charge in [0.15, 0.2) is 0 Å². The number of hydrogen-bond acceptors (Lipinski definition) is 3. The second-order valence-electron chi connectivity index (χ2n) is 6.15. The molecule has 4 heterocycles. The van der Waals surface area contributed by atoms with Crippen molar-refractivity contribution in [1.82, 2.24) is 10.2 Å². The lowest BCUT2D eigenvalue weighted by Gasteiger charge is -2.46. The van der Waals surface area contributed by atoms with Crippen LogP contribution >= 0.6 is 0 Å². The molecule has 4 saturated heterocycles. The molecule has 3 heteroatoms. The molecule has 3 nitrogen and oxygen atoms in total. The monoisotopic (exact) mass is 238 g/mol. The molecule has 2 atom stereocenters. The molecule has 98 valence electrons. The average Bonchev–Trinajstić information content (AvgIpc) is 2.41. The largest absolute Gasteiger partial charge is 0.381 e. The molecule has 17 heavy (non-hydrogen) atoms. The molecule has 4 aliphatic heterocycles. The van der Waals surface area contributed by atoms with E-state index in [4.69, 9.17) is 4.74 Å². The van der Waals surface area contributed by atoms with Crippen LogP contribution in [-0.2, 0) is 4.74 Å². The zero-order valence-corrected chi connectivity index (χ0v) is 11.0. The maximum Gasteiger partial charge on any atom is 0.0469 e. The van der Waals surface area contributed by atoms with Crippen LogP contribution in [-0.4, -0.2) is 49.8 Å². The van der Waals surface area contributed by atoms with E-state index in [0.717, 1.165) is 31.1 Å². The molecule has 0 radical (unpaired) electrons. The Morgan fingerprint density at radius 3 is 2.41 bits per heavy atom. The van der Waals surface area contributed by atoms with Crippen molar-refractivity contribution in [3.05, 3.63) is 0 Å². The molecular weight excluding hydrogens is 212 g/mol. The van der Waals surface area contributed by atoms with Crippen molar-refractivity contribution >= 4 is 0 Å². The van der Waals surface area contributed by atoms with Crippen LogP contribution in [0.25, 0.3) is 0 Å². The Hall–Kier alpha value is -0.120. The second kappa shape index (κ2) is 5.25. The molecule has 0 saturated carbocycles. The van der Waals surface area contributed by atoms with Crippen molar-refractivity contribution in [3.63, 3.8) is 0 Å². The first kappa shape index (κ1) is 11.9. The summed E-state index contributed by atoms with van der Waals surface area (Å²) in [6, 6.07) is 1.43. The Morgan fingerprint density at radius 2 is 1.82 bits per heavy atom. The van der Waals surface area contributed by atoms with Crippen molar-refractivity contribution in [3.8, 4) is 0 Å².